The number of aliphatic hydroxyl groups excluding tert-OH is 17. The van der Waals surface area contributed by atoms with E-state index in [1.54, 1.807) is 0 Å². The molecule has 33 heteroatoms. The second-order valence-corrected chi connectivity index (χ2v) is 34.9. The van der Waals surface area contributed by atoms with Gasteiger partial charge in [-0.25, -0.2) is 0 Å². The number of hydrogen-bond acceptors (Lipinski definition) is 33. The average molecular weight is 1530 g/mol. The SMILES string of the molecule is CC1(C)CCC2(C(=O)OC3OC(CO)C(OC4OC(C(O)CO)CC4OC4OC(CO)C(O)C(O)C4O)C(O)C3O)CCC3(C)C(=CCC4C5(C)CCC(OCC6OCC(COCC7OCC(O)C(OC8CC(O)C(O)C(CO)O8)C7OC7OCC(O)C(O)C7O)C(O)C6(C)O)C(C)(C)C5CCC43C)C2C1. The first-order valence-electron chi connectivity index (χ1n) is 38.1. The fraction of sp³-hybridized carbons (Fsp3) is 0.959. The van der Waals surface area contributed by atoms with Crippen LogP contribution < -0.4 is 0 Å². The molecule has 4 saturated carbocycles. The number of ether oxygens (including phenoxy) is 14. The van der Waals surface area contributed by atoms with Crippen molar-refractivity contribution in [3.63, 3.8) is 0 Å². The molecule has 7 aliphatic heterocycles. The van der Waals surface area contributed by atoms with Crippen LogP contribution in [0.5, 0.6) is 0 Å². The Morgan fingerprint density at radius 2 is 1.22 bits per heavy atom. The lowest BCUT2D eigenvalue weighted by Gasteiger charge is -2.71. The number of carbonyl (C=O) groups is 1. The molecule has 18 N–H and O–H groups in total. The van der Waals surface area contributed by atoms with Crippen LogP contribution in [0, 0.1) is 56.2 Å². The third kappa shape index (κ3) is 15.3. The zero-order chi connectivity index (χ0) is 76.9. The third-order valence-electron chi connectivity index (χ3n) is 27.8. The van der Waals surface area contributed by atoms with Crippen LogP contribution in [0.4, 0.5) is 0 Å². The second kappa shape index (κ2) is 32.3. The van der Waals surface area contributed by atoms with Gasteiger partial charge in [-0.2, -0.15) is 0 Å². The maximum Gasteiger partial charge on any atom is 0.315 e. The van der Waals surface area contributed by atoms with Crippen molar-refractivity contribution in [2.24, 2.45) is 56.2 Å². The van der Waals surface area contributed by atoms with Crippen molar-refractivity contribution < 1.29 is 163 Å². The Labute approximate surface area is 616 Å². The van der Waals surface area contributed by atoms with Gasteiger partial charge in [-0.05, 0) is 116 Å². The van der Waals surface area contributed by atoms with Crippen molar-refractivity contribution in [1.82, 2.24) is 0 Å². The quantitative estimate of drug-likeness (QED) is 0.0364. The molecule has 7 heterocycles. The Kier molecular flexibility index (Phi) is 25.4. The van der Waals surface area contributed by atoms with Gasteiger partial charge in [0, 0.05) is 18.8 Å². The smallest absolute Gasteiger partial charge is 0.315 e. The zero-order valence-corrected chi connectivity index (χ0v) is 61.9. The third-order valence-corrected chi connectivity index (χ3v) is 27.8. The lowest BCUT2D eigenvalue weighted by Crippen LogP contribution is -2.66. The number of allylic oxidation sites excluding steroid dienone is 2. The molecule has 0 amide bonds. The van der Waals surface area contributed by atoms with Gasteiger partial charge in [0.2, 0.25) is 6.29 Å². The predicted octanol–water partition coefficient (Wildman–Crippen LogP) is -3.86. The molecule has 38 unspecified atom stereocenters. The van der Waals surface area contributed by atoms with E-state index in [4.69, 9.17) is 66.3 Å². The van der Waals surface area contributed by atoms with Gasteiger partial charge >= 0.3 is 5.97 Å². The topological polar surface area (TPSA) is 510 Å². The molecule has 7 saturated heterocycles. The summed E-state index contributed by atoms with van der Waals surface area (Å²) in [5.74, 6) is -1.16. The van der Waals surface area contributed by atoms with Crippen molar-refractivity contribution in [2.75, 3.05) is 66.1 Å². The number of aliphatic hydroxyl groups is 18. The van der Waals surface area contributed by atoms with Gasteiger partial charge < -0.3 is 158 Å². The van der Waals surface area contributed by atoms with E-state index in [9.17, 15) is 91.9 Å². The van der Waals surface area contributed by atoms with Gasteiger partial charge in [0.1, 0.15) is 128 Å². The van der Waals surface area contributed by atoms with Crippen LogP contribution in [0.2, 0.25) is 0 Å². The van der Waals surface area contributed by atoms with E-state index in [-0.39, 0.29) is 96.8 Å². The first kappa shape index (κ1) is 83.4. The molecule has 0 bridgehead atoms. The zero-order valence-electron chi connectivity index (χ0n) is 61.9. The Hall–Kier alpha value is -2.03. The molecule has 0 radical (unpaired) electrons. The first-order chi connectivity index (χ1) is 49.9. The highest BCUT2D eigenvalue weighted by Crippen LogP contribution is 2.76. The maximum absolute atomic E-state index is 15.4. The van der Waals surface area contributed by atoms with Crippen LogP contribution in [-0.2, 0) is 71.1 Å². The van der Waals surface area contributed by atoms with Crippen molar-refractivity contribution in [1.29, 1.82) is 0 Å². The molecular weight excluding hydrogens is 1400 g/mol. The molecule has 33 nitrogen and oxygen atoms in total. The minimum atomic E-state index is -1.92. The summed E-state index contributed by atoms with van der Waals surface area (Å²) in [6.07, 6.45) is -32.7. The van der Waals surface area contributed by atoms with Crippen LogP contribution in [0.25, 0.3) is 0 Å². The average Bonchev–Trinajstić information content (AvgIpc) is 0.700. The van der Waals surface area contributed by atoms with E-state index >= 15 is 4.79 Å². The summed E-state index contributed by atoms with van der Waals surface area (Å²) < 4.78 is 84.9. The summed E-state index contributed by atoms with van der Waals surface area (Å²) in [7, 11) is 0. The molecule has 610 valence electrons. The molecule has 38 atom stereocenters. The summed E-state index contributed by atoms with van der Waals surface area (Å²) in [4.78, 5) is 15.4. The summed E-state index contributed by atoms with van der Waals surface area (Å²) in [6, 6.07) is 0. The number of fused-ring (bicyclic) bond motifs is 7. The van der Waals surface area contributed by atoms with E-state index in [1.165, 1.54) is 12.5 Å². The first-order valence-corrected chi connectivity index (χ1v) is 38.1. The fourth-order valence-electron chi connectivity index (χ4n) is 21.0. The minimum absolute atomic E-state index is 0.0178. The number of rotatable bonds is 22. The summed E-state index contributed by atoms with van der Waals surface area (Å²) in [6.45, 7) is 13.6. The highest BCUT2D eigenvalue weighted by Gasteiger charge is 2.71. The summed E-state index contributed by atoms with van der Waals surface area (Å²) >= 11 is 0. The molecule has 0 aromatic rings. The van der Waals surface area contributed by atoms with E-state index in [0.717, 1.165) is 25.7 Å². The highest BCUT2D eigenvalue weighted by atomic mass is 16.8. The maximum atomic E-state index is 15.4. The van der Waals surface area contributed by atoms with Gasteiger partial charge in [0.25, 0.3) is 0 Å². The fourth-order valence-corrected chi connectivity index (χ4v) is 21.0. The molecule has 0 aromatic carbocycles. The van der Waals surface area contributed by atoms with E-state index in [0.29, 0.717) is 38.5 Å². The van der Waals surface area contributed by atoms with Crippen LogP contribution in [0.15, 0.2) is 11.6 Å². The van der Waals surface area contributed by atoms with Gasteiger partial charge in [0.15, 0.2) is 25.2 Å². The van der Waals surface area contributed by atoms with Gasteiger partial charge in [0.05, 0.1) is 95.9 Å². The lowest BCUT2D eigenvalue weighted by atomic mass is 9.33. The Bertz CT molecular complexity index is 2960. The lowest BCUT2D eigenvalue weighted by molar-refractivity contribution is -0.345. The molecule has 12 aliphatic rings. The van der Waals surface area contributed by atoms with Crippen LogP contribution in [0.1, 0.15) is 132 Å². The molecule has 5 aliphatic carbocycles. The Morgan fingerprint density at radius 3 is 1.92 bits per heavy atom. The van der Waals surface area contributed by atoms with Crippen molar-refractivity contribution in [3.05, 3.63) is 11.6 Å². The van der Waals surface area contributed by atoms with Gasteiger partial charge in [-0.1, -0.05) is 60.1 Å². The normalized spacial score (nSPS) is 51.9. The Balaban J connectivity index is 0.675. The van der Waals surface area contributed by atoms with Crippen LogP contribution in [0.3, 0.4) is 0 Å². The molecule has 12 rings (SSSR count). The largest absolute Gasteiger partial charge is 0.432 e. The summed E-state index contributed by atoms with van der Waals surface area (Å²) in [5, 5.41) is 194. The molecular formula is C73H120O33. The van der Waals surface area contributed by atoms with Crippen LogP contribution >= 0.6 is 0 Å². The number of esters is 1. The van der Waals surface area contributed by atoms with E-state index in [1.807, 2.05) is 0 Å². The Morgan fingerprint density at radius 1 is 0.557 bits per heavy atom. The molecule has 0 spiro atoms. The van der Waals surface area contributed by atoms with Crippen molar-refractivity contribution in [3.8, 4) is 0 Å². The van der Waals surface area contributed by atoms with Crippen molar-refractivity contribution in [2.45, 2.75) is 316 Å². The number of hydrogen-bond donors (Lipinski definition) is 18. The standard InChI is InChI=1S/C73H120O33/c1-67(2)15-17-73(66(91)106-65-57(89)54(86)59(43(25-77)102-65)104-62-40(20-39(99-62)36(79)22-74)100-64-56(88)53(85)52(84)42(24-76)101-64)18-16-70(6)33(34(73)21-67)9-10-46-69(5)13-12-47(68(3,4)45(69)11-14-71(46,70)7)96-31-48-72(8,92)61(90)32(27-95-48)26-93-30-44-60(105-63-55(87)51(83)37(80)28-97-63)58(38(81)29-94-44)103-49-19-35(78)50(82)41(23-75)98-49/h9,32,34-65,74-90,92H,10-31H2,1-8H3. The molecule has 106 heavy (non-hydrogen) atoms. The summed E-state index contributed by atoms with van der Waals surface area (Å²) in [5.41, 5.74) is -2.86. The number of carbonyl (C=O) groups excluding carboxylic acids is 1. The van der Waals surface area contributed by atoms with Gasteiger partial charge in [-0.15, -0.1) is 0 Å². The van der Waals surface area contributed by atoms with E-state index in [2.05, 4.69) is 54.5 Å². The minimum Gasteiger partial charge on any atom is -0.432 e. The monoisotopic (exact) mass is 1520 g/mol. The second-order valence-electron chi connectivity index (χ2n) is 34.9. The van der Waals surface area contributed by atoms with Gasteiger partial charge in [-0.3, -0.25) is 4.79 Å². The van der Waals surface area contributed by atoms with Crippen molar-refractivity contribution >= 4 is 5.97 Å². The molecule has 0 aromatic heterocycles. The van der Waals surface area contributed by atoms with Crippen LogP contribution in [-0.4, -0.2) is 348 Å². The highest BCUT2D eigenvalue weighted by molar-refractivity contribution is 5.79. The van der Waals surface area contributed by atoms with E-state index < -0.39 is 228 Å². The predicted molar refractivity (Wildman–Crippen MR) is 359 cm³/mol. The molecule has 11 fully saturated rings.